The zero-order valence-corrected chi connectivity index (χ0v) is 25.5. The van der Waals surface area contributed by atoms with Crippen molar-refractivity contribution in [2.75, 3.05) is 23.7 Å². The monoisotopic (exact) mass is 622 g/mol. The number of thioether (sulfide) groups is 1. The fraction of sp³-hybridized carbons (Fsp3) is 0.312. The van der Waals surface area contributed by atoms with Crippen molar-refractivity contribution in [3.63, 3.8) is 0 Å². The zero-order chi connectivity index (χ0) is 31.3. The number of urea groups is 1. The lowest BCUT2D eigenvalue weighted by Crippen LogP contribution is -2.29. The Morgan fingerprint density at radius 2 is 1.84 bits per heavy atom. The van der Waals surface area contributed by atoms with Gasteiger partial charge >= 0.3 is 12.4 Å². The highest BCUT2D eigenvalue weighted by Gasteiger charge is 2.31. The molecule has 0 aliphatic carbocycles. The molecule has 1 N–H and O–H groups in total. The molecule has 3 aromatic carbocycles. The molecule has 8 nitrogen and oxygen atoms in total. The highest BCUT2D eigenvalue weighted by Crippen LogP contribution is 2.33. The van der Waals surface area contributed by atoms with Crippen molar-refractivity contribution in [1.82, 2.24) is 20.1 Å². The standard InChI is InChI=1S/C32H33F3N6O2S/c1-21(2)27-15-6-22(3)19-28(27)40-17-18-44-31(40)38-30(42)36-16-4-5-23-7-9-24(10-8-23)29-37-20-41(39-29)25-11-13-26(14-12-25)43-32(33,34)35/h6-15,19-21H,4-5,16-18H2,1-3H3,(H,36,42)/b38-31-. The Kier molecular flexibility index (Phi) is 9.58. The maximum Gasteiger partial charge on any atom is 0.573 e. The van der Waals surface area contributed by atoms with Gasteiger partial charge in [-0.3, -0.25) is 0 Å². The van der Waals surface area contributed by atoms with E-state index in [2.05, 4.69) is 69.0 Å². The molecule has 1 saturated heterocycles. The first kappa shape index (κ1) is 31.1. The van der Waals surface area contributed by atoms with Crippen LogP contribution in [0.2, 0.25) is 0 Å². The lowest BCUT2D eigenvalue weighted by atomic mass is 9.99. The molecule has 4 aromatic rings. The first-order valence-corrected chi connectivity index (χ1v) is 15.3. The Morgan fingerprint density at radius 1 is 1.09 bits per heavy atom. The number of halogens is 3. The van der Waals surface area contributed by atoms with Crippen molar-refractivity contribution in [2.24, 2.45) is 4.99 Å². The van der Waals surface area contributed by atoms with E-state index < -0.39 is 6.36 Å². The number of aromatic nitrogens is 3. The maximum atomic E-state index is 12.6. The summed E-state index contributed by atoms with van der Waals surface area (Å²) >= 11 is 1.60. The van der Waals surface area contributed by atoms with Crippen LogP contribution >= 0.6 is 11.8 Å². The third-order valence-corrected chi connectivity index (χ3v) is 7.99. The highest BCUT2D eigenvalue weighted by atomic mass is 32.2. The molecule has 5 rings (SSSR count). The van der Waals surface area contributed by atoms with Gasteiger partial charge in [-0.15, -0.1) is 18.3 Å². The molecule has 0 spiro atoms. The molecule has 2 amide bonds. The summed E-state index contributed by atoms with van der Waals surface area (Å²) in [6.07, 6.45) is -1.72. The summed E-state index contributed by atoms with van der Waals surface area (Å²) in [4.78, 5) is 23.5. The molecule has 230 valence electrons. The molecule has 1 aliphatic heterocycles. The van der Waals surface area contributed by atoms with Crippen LogP contribution in [0.1, 0.15) is 42.9 Å². The highest BCUT2D eigenvalue weighted by molar-refractivity contribution is 8.14. The number of amidine groups is 1. The predicted octanol–water partition coefficient (Wildman–Crippen LogP) is 7.52. The summed E-state index contributed by atoms with van der Waals surface area (Å²) in [6.45, 7) is 7.74. The normalized spacial score (nSPS) is 14.4. The van der Waals surface area contributed by atoms with Gasteiger partial charge < -0.3 is 15.0 Å². The summed E-state index contributed by atoms with van der Waals surface area (Å²) in [5.74, 6) is 1.44. The van der Waals surface area contributed by atoms with E-state index in [4.69, 9.17) is 0 Å². The number of benzene rings is 3. The van der Waals surface area contributed by atoms with Gasteiger partial charge in [0.2, 0.25) is 0 Å². The number of nitrogens with zero attached hydrogens (tertiary/aromatic N) is 5. The van der Waals surface area contributed by atoms with Crippen molar-refractivity contribution in [2.45, 2.75) is 45.9 Å². The van der Waals surface area contributed by atoms with Crippen molar-refractivity contribution in [3.8, 4) is 22.8 Å². The number of nitrogens with one attached hydrogen (secondary N) is 1. The van der Waals surface area contributed by atoms with Gasteiger partial charge in [0.25, 0.3) is 0 Å². The third-order valence-electron chi connectivity index (χ3n) is 7.03. The molecule has 1 aliphatic rings. The molecule has 44 heavy (non-hydrogen) atoms. The van der Waals surface area contributed by atoms with Crippen molar-refractivity contribution in [3.05, 3.63) is 89.7 Å². The van der Waals surface area contributed by atoms with E-state index >= 15 is 0 Å². The Labute approximate surface area is 258 Å². The number of rotatable bonds is 9. The number of hydrogen-bond acceptors (Lipinski definition) is 5. The second-order valence-electron chi connectivity index (χ2n) is 10.7. The second-order valence-corrected chi connectivity index (χ2v) is 11.8. The van der Waals surface area contributed by atoms with Crippen LogP contribution in [0.5, 0.6) is 5.75 Å². The molecule has 0 atom stereocenters. The van der Waals surface area contributed by atoms with Crippen LogP contribution in [0.4, 0.5) is 23.7 Å². The molecule has 1 fully saturated rings. The van der Waals surface area contributed by atoms with Gasteiger partial charge in [-0.2, -0.15) is 4.99 Å². The van der Waals surface area contributed by atoms with Gasteiger partial charge in [-0.1, -0.05) is 62.0 Å². The Bertz CT molecular complexity index is 1620. The van der Waals surface area contributed by atoms with E-state index in [0.29, 0.717) is 24.0 Å². The molecule has 0 radical (unpaired) electrons. The number of aliphatic imine (C=N–C) groups is 1. The van der Waals surface area contributed by atoms with Crippen LogP contribution in [-0.4, -0.2) is 51.2 Å². The number of ether oxygens (including phenoxy) is 1. The number of aryl methyl sites for hydroxylation is 2. The zero-order valence-electron chi connectivity index (χ0n) is 24.6. The van der Waals surface area contributed by atoms with Gasteiger partial charge in [0.05, 0.1) is 5.69 Å². The van der Waals surface area contributed by atoms with E-state index in [-0.39, 0.29) is 11.8 Å². The van der Waals surface area contributed by atoms with Crippen molar-refractivity contribution < 1.29 is 22.7 Å². The van der Waals surface area contributed by atoms with Crippen LogP contribution in [0, 0.1) is 6.92 Å². The molecule has 12 heteroatoms. The number of carbonyl (C=O) groups excluding carboxylic acids is 1. The predicted molar refractivity (Wildman–Crippen MR) is 168 cm³/mol. The minimum atomic E-state index is -4.74. The smallest absolute Gasteiger partial charge is 0.406 e. The van der Waals surface area contributed by atoms with Gasteiger partial charge in [0, 0.05) is 30.1 Å². The van der Waals surface area contributed by atoms with Crippen LogP contribution in [0.25, 0.3) is 17.1 Å². The summed E-state index contributed by atoms with van der Waals surface area (Å²) in [6, 6.07) is 19.3. The van der Waals surface area contributed by atoms with Crippen molar-refractivity contribution in [1.29, 1.82) is 0 Å². The molecule has 0 saturated carbocycles. The number of carbonyl (C=O) groups is 1. The third kappa shape index (κ3) is 7.98. The number of alkyl halides is 3. The second kappa shape index (κ2) is 13.5. The molecule has 1 aromatic heterocycles. The Morgan fingerprint density at radius 3 is 2.55 bits per heavy atom. The van der Waals surface area contributed by atoms with Gasteiger partial charge in [0.15, 0.2) is 11.0 Å². The lowest BCUT2D eigenvalue weighted by molar-refractivity contribution is -0.274. The average molecular weight is 623 g/mol. The summed E-state index contributed by atoms with van der Waals surface area (Å²) in [7, 11) is 0. The molecular weight excluding hydrogens is 589 g/mol. The first-order chi connectivity index (χ1) is 21.1. The summed E-state index contributed by atoms with van der Waals surface area (Å²) in [5, 5.41) is 8.09. The Balaban J connectivity index is 1.11. The first-order valence-electron chi connectivity index (χ1n) is 14.3. The van der Waals surface area contributed by atoms with Crippen LogP contribution in [0.15, 0.2) is 78.0 Å². The van der Waals surface area contributed by atoms with E-state index in [1.807, 2.05) is 24.3 Å². The summed E-state index contributed by atoms with van der Waals surface area (Å²) in [5.41, 5.74) is 6.01. The number of anilines is 1. The number of amides is 2. The Hall–Kier alpha value is -4.32. The van der Waals surface area contributed by atoms with Crippen LogP contribution in [0.3, 0.4) is 0 Å². The molecular formula is C32H33F3N6O2S. The molecule has 2 heterocycles. The van der Waals surface area contributed by atoms with E-state index in [0.717, 1.165) is 47.1 Å². The minimum absolute atomic E-state index is 0.303. The van der Waals surface area contributed by atoms with E-state index in [1.165, 1.54) is 46.4 Å². The fourth-order valence-corrected chi connectivity index (χ4v) is 5.80. The van der Waals surface area contributed by atoms with E-state index in [9.17, 15) is 18.0 Å². The fourth-order valence-electron chi connectivity index (χ4n) is 4.85. The molecule has 0 bridgehead atoms. The lowest BCUT2D eigenvalue weighted by Gasteiger charge is -2.23. The largest absolute Gasteiger partial charge is 0.573 e. The van der Waals surface area contributed by atoms with Gasteiger partial charge in [-0.05, 0) is 72.7 Å². The SMILES string of the molecule is Cc1ccc(C(C)C)c(N2CCS/C2=N\C(=O)NCCCc2ccc(-c3ncn(-c4ccc(OC(F)(F)F)cc4)n3)cc2)c1. The topological polar surface area (TPSA) is 84.6 Å². The maximum absolute atomic E-state index is 12.6. The van der Waals surface area contributed by atoms with Gasteiger partial charge in [0.1, 0.15) is 12.1 Å². The van der Waals surface area contributed by atoms with E-state index in [1.54, 1.807) is 11.8 Å². The average Bonchev–Trinajstić information content (AvgIpc) is 3.65. The van der Waals surface area contributed by atoms with Crippen LogP contribution < -0.4 is 15.0 Å². The van der Waals surface area contributed by atoms with Gasteiger partial charge in [-0.25, -0.2) is 14.5 Å². The quantitative estimate of drug-likeness (QED) is 0.195. The molecule has 0 unspecified atom stereocenters. The van der Waals surface area contributed by atoms with Crippen molar-refractivity contribution >= 4 is 28.6 Å². The number of hydrogen-bond donors (Lipinski definition) is 1. The summed E-state index contributed by atoms with van der Waals surface area (Å²) < 4.78 is 42.6. The van der Waals surface area contributed by atoms with Crippen LogP contribution in [-0.2, 0) is 6.42 Å². The minimum Gasteiger partial charge on any atom is -0.406 e.